The summed E-state index contributed by atoms with van der Waals surface area (Å²) in [5.41, 5.74) is 0. The number of piperidine rings is 1. The van der Waals surface area contributed by atoms with Crippen molar-refractivity contribution < 1.29 is 4.79 Å². The molecule has 1 heterocycles. The maximum atomic E-state index is 10.5. The average molecular weight is 156 g/mol. The SMILES string of the molecule is CNC(C=O)C1CCCNC1. The lowest BCUT2D eigenvalue weighted by molar-refractivity contribution is -0.110. The first-order chi connectivity index (χ1) is 5.38. The summed E-state index contributed by atoms with van der Waals surface area (Å²) in [7, 11) is 1.84. The number of aldehydes is 1. The fourth-order valence-electron chi connectivity index (χ4n) is 1.60. The Bertz CT molecular complexity index is 121. The van der Waals surface area contributed by atoms with Crippen LogP contribution in [0.15, 0.2) is 0 Å². The van der Waals surface area contributed by atoms with Gasteiger partial charge in [-0.15, -0.1) is 0 Å². The van der Waals surface area contributed by atoms with Crippen molar-refractivity contribution in [2.45, 2.75) is 18.9 Å². The summed E-state index contributed by atoms with van der Waals surface area (Å²) in [5.74, 6) is 0.492. The van der Waals surface area contributed by atoms with Crippen LogP contribution in [0.3, 0.4) is 0 Å². The minimum absolute atomic E-state index is 0.0443. The minimum Gasteiger partial charge on any atom is -0.316 e. The van der Waals surface area contributed by atoms with Crippen LogP contribution in [0.1, 0.15) is 12.8 Å². The quantitative estimate of drug-likeness (QED) is 0.555. The number of rotatable bonds is 3. The molecule has 1 aliphatic rings. The minimum atomic E-state index is 0.0443. The molecular weight excluding hydrogens is 140 g/mol. The second-order valence-corrected chi connectivity index (χ2v) is 3.06. The van der Waals surface area contributed by atoms with Gasteiger partial charge in [0, 0.05) is 0 Å². The summed E-state index contributed by atoms with van der Waals surface area (Å²) in [4.78, 5) is 10.5. The van der Waals surface area contributed by atoms with Crippen molar-refractivity contribution in [3.63, 3.8) is 0 Å². The molecule has 2 unspecified atom stereocenters. The highest BCUT2D eigenvalue weighted by molar-refractivity contribution is 5.58. The summed E-state index contributed by atoms with van der Waals surface area (Å²) in [6.45, 7) is 2.08. The van der Waals surface area contributed by atoms with Crippen LogP contribution in [0.25, 0.3) is 0 Å². The number of hydrogen-bond acceptors (Lipinski definition) is 3. The van der Waals surface area contributed by atoms with Gasteiger partial charge in [-0.3, -0.25) is 0 Å². The van der Waals surface area contributed by atoms with Crippen molar-refractivity contribution in [3.8, 4) is 0 Å². The van der Waals surface area contributed by atoms with Gasteiger partial charge in [0.1, 0.15) is 6.29 Å². The summed E-state index contributed by atoms with van der Waals surface area (Å²) in [6.07, 6.45) is 3.37. The molecule has 0 aromatic rings. The molecule has 11 heavy (non-hydrogen) atoms. The Kier molecular flexibility index (Phi) is 3.52. The van der Waals surface area contributed by atoms with E-state index in [1.807, 2.05) is 7.05 Å². The smallest absolute Gasteiger partial charge is 0.137 e. The lowest BCUT2D eigenvalue weighted by atomic mass is 9.93. The van der Waals surface area contributed by atoms with Gasteiger partial charge < -0.3 is 15.4 Å². The maximum absolute atomic E-state index is 10.5. The van der Waals surface area contributed by atoms with E-state index in [0.29, 0.717) is 5.92 Å². The largest absolute Gasteiger partial charge is 0.316 e. The summed E-state index contributed by atoms with van der Waals surface area (Å²) in [5, 5.41) is 6.30. The van der Waals surface area contributed by atoms with Gasteiger partial charge in [0.2, 0.25) is 0 Å². The predicted octanol–water partition coefficient (Wildman–Crippen LogP) is -0.227. The van der Waals surface area contributed by atoms with Gasteiger partial charge in [0.05, 0.1) is 6.04 Å². The molecule has 0 aromatic carbocycles. The van der Waals surface area contributed by atoms with Gasteiger partial charge in [-0.05, 0) is 38.9 Å². The van der Waals surface area contributed by atoms with Crippen molar-refractivity contribution in [1.29, 1.82) is 0 Å². The molecule has 0 aliphatic carbocycles. The molecule has 2 N–H and O–H groups in total. The van der Waals surface area contributed by atoms with E-state index in [4.69, 9.17) is 0 Å². The van der Waals surface area contributed by atoms with Gasteiger partial charge in [0.25, 0.3) is 0 Å². The van der Waals surface area contributed by atoms with Gasteiger partial charge in [-0.1, -0.05) is 0 Å². The first-order valence-corrected chi connectivity index (χ1v) is 4.21. The van der Waals surface area contributed by atoms with E-state index in [1.54, 1.807) is 0 Å². The highest BCUT2D eigenvalue weighted by atomic mass is 16.1. The second-order valence-electron chi connectivity index (χ2n) is 3.06. The van der Waals surface area contributed by atoms with Crippen LogP contribution in [0.5, 0.6) is 0 Å². The van der Waals surface area contributed by atoms with Crippen LogP contribution < -0.4 is 10.6 Å². The van der Waals surface area contributed by atoms with E-state index >= 15 is 0 Å². The topological polar surface area (TPSA) is 41.1 Å². The summed E-state index contributed by atoms with van der Waals surface area (Å²) < 4.78 is 0. The monoisotopic (exact) mass is 156 g/mol. The summed E-state index contributed by atoms with van der Waals surface area (Å²) >= 11 is 0. The van der Waals surface area contributed by atoms with Crippen LogP contribution in [0, 0.1) is 5.92 Å². The molecule has 1 fully saturated rings. The van der Waals surface area contributed by atoms with Gasteiger partial charge >= 0.3 is 0 Å². The van der Waals surface area contributed by atoms with Crippen molar-refractivity contribution in [2.24, 2.45) is 5.92 Å². The normalized spacial score (nSPS) is 27.9. The van der Waals surface area contributed by atoms with E-state index in [2.05, 4.69) is 10.6 Å². The third-order valence-corrected chi connectivity index (χ3v) is 2.32. The van der Waals surface area contributed by atoms with Gasteiger partial charge in [-0.2, -0.15) is 0 Å². The molecule has 1 aliphatic heterocycles. The van der Waals surface area contributed by atoms with Crippen molar-refractivity contribution >= 4 is 6.29 Å². The zero-order valence-corrected chi connectivity index (χ0v) is 6.97. The zero-order valence-electron chi connectivity index (χ0n) is 6.97. The molecule has 0 saturated carbocycles. The molecule has 64 valence electrons. The van der Waals surface area contributed by atoms with Crippen LogP contribution in [0.2, 0.25) is 0 Å². The molecule has 0 bridgehead atoms. The molecule has 0 spiro atoms. The Morgan fingerprint density at radius 1 is 1.73 bits per heavy atom. The van der Waals surface area contributed by atoms with Gasteiger partial charge in [-0.25, -0.2) is 0 Å². The number of carbonyl (C=O) groups excluding carboxylic acids is 1. The van der Waals surface area contributed by atoms with Crippen LogP contribution >= 0.6 is 0 Å². The highest BCUT2D eigenvalue weighted by Gasteiger charge is 2.20. The van der Waals surface area contributed by atoms with Crippen LogP contribution in [-0.4, -0.2) is 32.5 Å². The standard InChI is InChI=1S/C8H16N2O/c1-9-8(6-11)7-3-2-4-10-5-7/h6-10H,2-5H2,1H3. The molecule has 0 radical (unpaired) electrons. The summed E-state index contributed by atoms with van der Waals surface area (Å²) in [6, 6.07) is 0.0443. The van der Waals surface area contributed by atoms with E-state index in [1.165, 1.54) is 6.42 Å². The average Bonchev–Trinajstić information content (AvgIpc) is 2.09. The second kappa shape index (κ2) is 4.46. The molecule has 2 atom stereocenters. The number of likely N-dealkylation sites (N-methyl/N-ethyl adjacent to an activating group) is 1. The maximum Gasteiger partial charge on any atom is 0.137 e. The Morgan fingerprint density at radius 3 is 3.00 bits per heavy atom. The lowest BCUT2D eigenvalue weighted by Gasteiger charge is -2.26. The molecule has 0 aromatic heterocycles. The van der Waals surface area contributed by atoms with E-state index < -0.39 is 0 Å². The zero-order chi connectivity index (χ0) is 8.10. The van der Waals surface area contributed by atoms with Gasteiger partial charge in [0.15, 0.2) is 0 Å². The van der Waals surface area contributed by atoms with Crippen molar-refractivity contribution in [3.05, 3.63) is 0 Å². The number of hydrogen-bond donors (Lipinski definition) is 2. The number of carbonyl (C=O) groups is 1. The highest BCUT2D eigenvalue weighted by Crippen LogP contribution is 2.12. The Morgan fingerprint density at radius 2 is 2.55 bits per heavy atom. The number of nitrogens with one attached hydrogen (secondary N) is 2. The molecular formula is C8H16N2O. The van der Waals surface area contributed by atoms with Crippen LogP contribution in [0.4, 0.5) is 0 Å². The third kappa shape index (κ3) is 2.27. The Balaban J connectivity index is 2.35. The van der Waals surface area contributed by atoms with Crippen LogP contribution in [-0.2, 0) is 4.79 Å². The van der Waals surface area contributed by atoms with E-state index in [0.717, 1.165) is 25.8 Å². The van der Waals surface area contributed by atoms with Crippen molar-refractivity contribution in [2.75, 3.05) is 20.1 Å². The fraction of sp³-hybridized carbons (Fsp3) is 0.875. The Hall–Kier alpha value is -0.410. The Labute approximate surface area is 67.5 Å². The first kappa shape index (κ1) is 8.68. The predicted molar refractivity (Wildman–Crippen MR) is 44.5 cm³/mol. The molecule has 0 amide bonds. The molecule has 3 heteroatoms. The lowest BCUT2D eigenvalue weighted by Crippen LogP contribution is -2.43. The first-order valence-electron chi connectivity index (χ1n) is 4.21. The van der Waals surface area contributed by atoms with E-state index in [-0.39, 0.29) is 6.04 Å². The molecule has 1 rings (SSSR count). The van der Waals surface area contributed by atoms with Crippen molar-refractivity contribution in [1.82, 2.24) is 10.6 Å². The van der Waals surface area contributed by atoms with E-state index in [9.17, 15) is 4.79 Å². The fourth-order valence-corrected chi connectivity index (χ4v) is 1.60. The third-order valence-electron chi connectivity index (χ3n) is 2.32. The molecule has 3 nitrogen and oxygen atoms in total. The molecule has 1 saturated heterocycles.